The van der Waals surface area contributed by atoms with E-state index in [0.29, 0.717) is 0 Å². The van der Waals surface area contributed by atoms with Crippen molar-refractivity contribution in [3.05, 3.63) is 86.6 Å². The molecule has 108 valence electrons. The fraction of sp³-hybridized carbons (Fsp3) is 0.111. The van der Waals surface area contributed by atoms with Crippen LogP contribution < -0.4 is 0 Å². The Hall–Kier alpha value is -1.51. The fourth-order valence-corrected chi connectivity index (χ4v) is 1.24. The summed E-state index contributed by atoms with van der Waals surface area (Å²) < 4.78 is 0. The summed E-state index contributed by atoms with van der Waals surface area (Å²) in [4.78, 5) is 21.3. The maximum Gasteiger partial charge on any atom is 4.00 e. The fourth-order valence-electron chi connectivity index (χ4n) is 1.24. The molecule has 0 spiro atoms. The first-order chi connectivity index (χ1) is 8.61. The molecule has 0 saturated carbocycles. The van der Waals surface area contributed by atoms with E-state index in [1.54, 1.807) is 62.4 Å². The van der Waals surface area contributed by atoms with Crippen molar-refractivity contribution in [3.8, 4) is 0 Å². The zero-order valence-electron chi connectivity index (χ0n) is 12.9. The van der Waals surface area contributed by atoms with E-state index < -0.39 is 0 Å². The number of hydrogen-bond donors (Lipinski definition) is 0. The summed E-state index contributed by atoms with van der Waals surface area (Å²) in [6, 6.07) is 19.6. The van der Waals surface area contributed by atoms with E-state index in [0.717, 1.165) is 11.1 Å². The van der Waals surface area contributed by atoms with Gasteiger partial charge in [0.25, 0.3) is 0 Å². The van der Waals surface area contributed by atoms with Gasteiger partial charge in [-0.2, -0.15) is 60.7 Å². The van der Waals surface area contributed by atoms with E-state index in [9.17, 15) is 9.59 Å². The smallest absolute Gasteiger partial charge is 0.358 e. The van der Waals surface area contributed by atoms with Gasteiger partial charge in [-0.3, -0.25) is 9.59 Å². The average Bonchev–Trinajstić information content (AvgIpc) is 2.41. The predicted molar refractivity (Wildman–Crippen MR) is 83.4 cm³/mol. The third-order valence-corrected chi connectivity index (χ3v) is 2.25. The van der Waals surface area contributed by atoms with Crippen LogP contribution in [0.4, 0.5) is 0 Å². The minimum atomic E-state index is 0. The molecular weight excluding hydrogens is 296 g/mol. The third kappa shape index (κ3) is 9.94. The molecule has 0 amide bonds. The van der Waals surface area contributed by atoms with Gasteiger partial charge in [0.2, 0.25) is 0 Å². The molecule has 2 aromatic rings. The molecule has 0 bridgehead atoms. The van der Waals surface area contributed by atoms with Crippen LogP contribution in [-0.4, -0.2) is 11.6 Å². The van der Waals surface area contributed by atoms with Crippen molar-refractivity contribution >= 4 is 11.6 Å². The second-order valence-electron chi connectivity index (χ2n) is 3.69. The van der Waals surface area contributed by atoms with Gasteiger partial charge in [-0.15, -0.1) is 0 Å². The largest absolute Gasteiger partial charge is 4.00 e. The van der Waals surface area contributed by atoms with Crippen molar-refractivity contribution in [1.82, 2.24) is 0 Å². The van der Waals surface area contributed by atoms with Crippen molar-refractivity contribution in [3.63, 3.8) is 0 Å². The normalized spacial score (nSPS) is 7.71. The summed E-state index contributed by atoms with van der Waals surface area (Å²) in [7, 11) is 0. The zero-order valence-corrected chi connectivity index (χ0v) is 14.5. The third-order valence-electron chi connectivity index (χ3n) is 2.25. The standard InChI is InChI=1S/2C8H7O.2CH3.Ti/c2*1-7(9)8-5-3-2-4-6-8;;;/h2*3-6H,1H3;2*1H3;/q4*-1;+4. The number of carbonyl (C=O) groups excluding carboxylic acids is 2. The molecule has 0 fully saturated rings. The SMILES string of the molecule is CC(=O)c1cc[c-]cc1.CC(=O)c1cc[c-]cc1.[CH3-].[CH3-].[Ti+4]. The minimum absolute atomic E-state index is 0. The number of hydrogen-bond acceptors (Lipinski definition) is 2. The van der Waals surface area contributed by atoms with Gasteiger partial charge >= 0.3 is 21.7 Å². The molecule has 2 nitrogen and oxygen atoms in total. The van der Waals surface area contributed by atoms with Gasteiger partial charge in [0.15, 0.2) is 0 Å². The van der Waals surface area contributed by atoms with Crippen LogP contribution in [0.1, 0.15) is 34.6 Å². The first-order valence-electron chi connectivity index (χ1n) is 5.55. The molecule has 0 saturated heterocycles. The summed E-state index contributed by atoms with van der Waals surface area (Å²) >= 11 is 0. The van der Waals surface area contributed by atoms with Gasteiger partial charge in [-0.1, -0.05) is 11.1 Å². The molecule has 0 atom stereocenters. The Morgan fingerprint density at radius 3 is 1.10 bits per heavy atom. The molecule has 0 unspecified atom stereocenters. The minimum Gasteiger partial charge on any atom is -0.358 e. The molecular formula is C18H20O2Ti. The quantitative estimate of drug-likeness (QED) is 0.471. The molecule has 21 heavy (non-hydrogen) atoms. The van der Waals surface area contributed by atoms with Gasteiger partial charge in [0.05, 0.1) is 0 Å². The molecule has 0 aliphatic carbocycles. The first-order valence-corrected chi connectivity index (χ1v) is 5.55. The zero-order chi connectivity index (χ0) is 13.4. The predicted octanol–water partition coefficient (Wildman–Crippen LogP) is 4.28. The Labute approximate surface area is 143 Å². The monoisotopic (exact) mass is 316 g/mol. The van der Waals surface area contributed by atoms with Crippen LogP contribution in [0.25, 0.3) is 0 Å². The van der Waals surface area contributed by atoms with E-state index in [4.69, 9.17) is 0 Å². The molecule has 2 rings (SSSR count). The van der Waals surface area contributed by atoms with Crippen molar-refractivity contribution in [2.45, 2.75) is 13.8 Å². The summed E-state index contributed by atoms with van der Waals surface area (Å²) in [5, 5.41) is 0. The number of rotatable bonds is 2. The maximum absolute atomic E-state index is 10.6. The molecule has 0 aliphatic rings. The van der Waals surface area contributed by atoms with Gasteiger partial charge < -0.3 is 14.9 Å². The number of carbonyl (C=O) groups is 2. The molecule has 2 aromatic carbocycles. The van der Waals surface area contributed by atoms with Crippen molar-refractivity contribution in [1.29, 1.82) is 0 Å². The van der Waals surface area contributed by atoms with E-state index in [-0.39, 0.29) is 48.1 Å². The number of Topliss-reactive ketones (excluding diaryl/α,β-unsaturated/α-hetero) is 2. The summed E-state index contributed by atoms with van der Waals surface area (Å²) in [5.41, 5.74) is 1.49. The van der Waals surface area contributed by atoms with Gasteiger partial charge in [0, 0.05) is 0 Å². The maximum atomic E-state index is 10.6. The Bertz CT molecular complexity index is 458. The second kappa shape index (κ2) is 13.5. The van der Waals surface area contributed by atoms with Gasteiger partial charge in [-0.05, 0) is 13.8 Å². The van der Waals surface area contributed by atoms with Gasteiger partial charge in [-0.25, -0.2) is 0 Å². The Morgan fingerprint density at radius 2 is 0.952 bits per heavy atom. The Kier molecular flexibility index (Phi) is 15.7. The van der Waals surface area contributed by atoms with Crippen LogP contribution in [-0.2, 0) is 21.7 Å². The van der Waals surface area contributed by atoms with E-state index in [1.165, 1.54) is 0 Å². The number of ketones is 2. The topological polar surface area (TPSA) is 34.1 Å². The Balaban J connectivity index is -0.000000270. The molecule has 3 heteroatoms. The van der Waals surface area contributed by atoms with E-state index in [2.05, 4.69) is 12.1 Å². The van der Waals surface area contributed by atoms with E-state index in [1.807, 2.05) is 0 Å². The van der Waals surface area contributed by atoms with Crippen molar-refractivity contribution < 1.29 is 31.3 Å². The van der Waals surface area contributed by atoms with Crippen LogP contribution in [0.5, 0.6) is 0 Å². The summed E-state index contributed by atoms with van der Waals surface area (Å²) in [5.74, 6) is 0.202. The second-order valence-corrected chi connectivity index (χ2v) is 3.69. The molecule has 0 aliphatic heterocycles. The molecule has 0 heterocycles. The van der Waals surface area contributed by atoms with E-state index >= 15 is 0 Å². The molecule has 0 aromatic heterocycles. The summed E-state index contributed by atoms with van der Waals surface area (Å²) in [6.07, 6.45) is 0. The average molecular weight is 316 g/mol. The van der Waals surface area contributed by atoms with Gasteiger partial charge in [0.1, 0.15) is 11.6 Å². The molecule has 0 N–H and O–H groups in total. The molecule has 0 radical (unpaired) electrons. The van der Waals surface area contributed by atoms with Crippen LogP contribution in [0.2, 0.25) is 0 Å². The van der Waals surface area contributed by atoms with Crippen LogP contribution in [0.15, 0.2) is 48.5 Å². The van der Waals surface area contributed by atoms with Crippen LogP contribution >= 0.6 is 0 Å². The van der Waals surface area contributed by atoms with Crippen LogP contribution in [0.3, 0.4) is 0 Å². The summed E-state index contributed by atoms with van der Waals surface area (Å²) in [6.45, 7) is 3.10. The Morgan fingerprint density at radius 1 is 0.714 bits per heavy atom. The first kappa shape index (κ1) is 24.5. The van der Waals surface area contributed by atoms with Crippen LogP contribution in [0, 0.1) is 27.0 Å². The van der Waals surface area contributed by atoms with Crippen molar-refractivity contribution in [2.75, 3.05) is 0 Å². The van der Waals surface area contributed by atoms with Crippen molar-refractivity contribution in [2.24, 2.45) is 0 Å². The number of benzene rings is 2.